The Morgan fingerprint density at radius 1 is 1.20 bits per heavy atom. The average molecular weight is 431 g/mol. The van der Waals surface area contributed by atoms with Crippen LogP contribution >= 0.6 is 0 Å². The van der Waals surface area contributed by atoms with Gasteiger partial charge >= 0.3 is 0 Å². The fourth-order valence-corrected chi connectivity index (χ4v) is 5.14. The lowest BCUT2D eigenvalue weighted by Crippen LogP contribution is -2.38. The number of hydrogen-bond donors (Lipinski definition) is 1. The van der Waals surface area contributed by atoms with E-state index in [0.29, 0.717) is 13.0 Å². The van der Waals surface area contributed by atoms with Gasteiger partial charge in [-0.3, -0.25) is 4.79 Å². The normalized spacial score (nSPS) is 21.5. The van der Waals surface area contributed by atoms with E-state index in [1.54, 1.807) is 36.4 Å². The summed E-state index contributed by atoms with van der Waals surface area (Å²) < 4.78 is 40.2. The Balaban J connectivity index is 1.37. The smallest absolute Gasteiger partial charge is 0.269 e. The number of benzene rings is 2. The van der Waals surface area contributed by atoms with E-state index in [9.17, 15) is 17.6 Å². The lowest BCUT2D eigenvalue weighted by atomic mass is 9.96. The van der Waals surface area contributed by atoms with Crippen molar-refractivity contribution in [3.63, 3.8) is 0 Å². The largest absolute Gasteiger partial charge is 0.387 e. The van der Waals surface area contributed by atoms with E-state index in [-0.39, 0.29) is 41.8 Å². The molecule has 0 bridgehead atoms. The van der Waals surface area contributed by atoms with Crippen LogP contribution in [0.1, 0.15) is 24.0 Å². The van der Waals surface area contributed by atoms with Crippen molar-refractivity contribution >= 4 is 21.6 Å². The van der Waals surface area contributed by atoms with Gasteiger partial charge in [0.2, 0.25) is 10.0 Å². The van der Waals surface area contributed by atoms with Gasteiger partial charge in [-0.15, -0.1) is 0 Å². The predicted molar refractivity (Wildman–Crippen MR) is 109 cm³/mol. The third-order valence-electron chi connectivity index (χ3n) is 5.41. The van der Waals surface area contributed by atoms with Crippen LogP contribution in [0.4, 0.5) is 4.39 Å². The van der Waals surface area contributed by atoms with E-state index in [2.05, 4.69) is 10.5 Å². The molecule has 4 rings (SSSR count). The molecule has 1 saturated heterocycles. The summed E-state index contributed by atoms with van der Waals surface area (Å²) in [5.41, 5.74) is 1.15. The molecular weight excluding hydrogens is 409 g/mol. The summed E-state index contributed by atoms with van der Waals surface area (Å²) in [5, 5.41) is 6.66. The number of hydrogen-bond acceptors (Lipinski definition) is 5. The van der Waals surface area contributed by atoms with Gasteiger partial charge in [-0.2, -0.15) is 4.31 Å². The van der Waals surface area contributed by atoms with Crippen LogP contribution in [0.5, 0.6) is 0 Å². The summed E-state index contributed by atoms with van der Waals surface area (Å²) in [6.07, 6.45) is 0.693. The molecule has 1 N–H and O–H groups in total. The number of carbonyl (C=O) groups excluding carboxylic acids is 1. The number of aryl methyl sites for hydroxylation is 1. The zero-order chi connectivity index (χ0) is 21.4. The molecular formula is C21H22FN3O4S. The highest BCUT2D eigenvalue weighted by molar-refractivity contribution is 7.89. The Morgan fingerprint density at radius 3 is 2.60 bits per heavy atom. The van der Waals surface area contributed by atoms with Gasteiger partial charge in [0.1, 0.15) is 11.5 Å². The number of oxime groups is 1. The van der Waals surface area contributed by atoms with Gasteiger partial charge in [-0.05, 0) is 36.8 Å². The van der Waals surface area contributed by atoms with Crippen LogP contribution in [0.25, 0.3) is 0 Å². The molecule has 0 saturated carbocycles. The first kappa shape index (κ1) is 20.5. The lowest BCUT2D eigenvalue weighted by molar-refractivity contribution is -0.115. The molecule has 1 atom stereocenters. The summed E-state index contributed by atoms with van der Waals surface area (Å²) in [5.74, 6) is -0.719. The van der Waals surface area contributed by atoms with Crippen molar-refractivity contribution in [3.05, 3.63) is 65.5 Å². The Kier molecular flexibility index (Phi) is 5.33. The molecule has 30 heavy (non-hydrogen) atoms. The molecule has 7 nitrogen and oxygen atoms in total. The number of halogens is 1. The van der Waals surface area contributed by atoms with Gasteiger partial charge in [0.05, 0.1) is 11.4 Å². The zero-order valence-electron chi connectivity index (χ0n) is 16.5. The fourth-order valence-electron chi connectivity index (χ4n) is 3.62. The summed E-state index contributed by atoms with van der Waals surface area (Å²) in [4.78, 5) is 18.2. The van der Waals surface area contributed by atoms with Gasteiger partial charge in [-0.1, -0.05) is 35.0 Å². The van der Waals surface area contributed by atoms with Crippen LogP contribution < -0.4 is 5.32 Å². The number of carbonyl (C=O) groups is 1. The minimum atomic E-state index is -3.64. The SMILES string of the molecule is Cc1ccc(S(=O)(=O)N2CCC3(CC(C(=O)NCc4ccc(F)cc4)=NO3)C2)cc1. The highest BCUT2D eigenvalue weighted by Crippen LogP contribution is 2.36. The van der Waals surface area contributed by atoms with Crippen molar-refractivity contribution in [2.75, 3.05) is 13.1 Å². The molecule has 158 valence electrons. The fraction of sp³-hybridized carbons (Fsp3) is 0.333. The van der Waals surface area contributed by atoms with Crippen LogP contribution in [0.3, 0.4) is 0 Å². The maximum atomic E-state index is 13.0. The molecule has 1 spiro atoms. The molecule has 2 aromatic rings. The second-order valence-corrected chi connectivity index (χ2v) is 9.64. The van der Waals surface area contributed by atoms with Crippen molar-refractivity contribution in [1.82, 2.24) is 9.62 Å². The molecule has 0 aliphatic carbocycles. The Morgan fingerprint density at radius 2 is 1.90 bits per heavy atom. The van der Waals surface area contributed by atoms with Crippen LogP contribution in [0.15, 0.2) is 58.6 Å². The van der Waals surface area contributed by atoms with Crippen LogP contribution in [0, 0.1) is 12.7 Å². The number of sulfonamides is 1. The Bertz CT molecular complexity index is 1080. The predicted octanol–water partition coefficient (Wildman–Crippen LogP) is 2.36. The van der Waals surface area contributed by atoms with E-state index in [0.717, 1.165) is 11.1 Å². The number of rotatable bonds is 5. The molecule has 9 heteroatoms. The van der Waals surface area contributed by atoms with Gasteiger partial charge in [-0.25, -0.2) is 12.8 Å². The summed E-state index contributed by atoms with van der Waals surface area (Å²) in [7, 11) is -3.64. The topological polar surface area (TPSA) is 88.1 Å². The highest BCUT2D eigenvalue weighted by Gasteiger charge is 2.49. The number of amides is 1. The maximum absolute atomic E-state index is 13.0. The zero-order valence-corrected chi connectivity index (χ0v) is 17.3. The van der Waals surface area contributed by atoms with Crippen molar-refractivity contribution in [2.45, 2.75) is 36.8 Å². The van der Waals surface area contributed by atoms with E-state index in [4.69, 9.17) is 4.84 Å². The number of nitrogens with one attached hydrogen (secondary N) is 1. The molecule has 1 unspecified atom stereocenters. The van der Waals surface area contributed by atoms with E-state index >= 15 is 0 Å². The first-order chi connectivity index (χ1) is 14.3. The summed E-state index contributed by atoms with van der Waals surface area (Å²) >= 11 is 0. The molecule has 2 aromatic carbocycles. The van der Waals surface area contributed by atoms with Crippen molar-refractivity contribution < 1.29 is 22.4 Å². The van der Waals surface area contributed by atoms with Crippen LogP contribution in [-0.4, -0.2) is 43.0 Å². The molecule has 2 aliphatic heterocycles. The van der Waals surface area contributed by atoms with E-state index in [1.807, 2.05) is 6.92 Å². The van der Waals surface area contributed by atoms with Gasteiger partial charge in [0.25, 0.3) is 5.91 Å². The minimum Gasteiger partial charge on any atom is -0.387 e. The monoisotopic (exact) mass is 431 g/mol. The molecule has 1 fully saturated rings. The molecule has 2 aliphatic rings. The second kappa shape index (κ2) is 7.81. The average Bonchev–Trinajstić information content (AvgIpc) is 3.35. The third kappa shape index (κ3) is 4.08. The first-order valence-electron chi connectivity index (χ1n) is 9.62. The minimum absolute atomic E-state index is 0.140. The molecule has 0 radical (unpaired) electrons. The summed E-state index contributed by atoms with van der Waals surface area (Å²) in [6.45, 7) is 2.57. The quantitative estimate of drug-likeness (QED) is 0.787. The van der Waals surface area contributed by atoms with Crippen molar-refractivity contribution in [2.24, 2.45) is 5.16 Å². The van der Waals surface area contributed by atoms with Crippen molar-refractivity contribution in [1.29, 1.82) is 0 Å². The molecule has 0 aromatic heterocycles. The lowest BCUT2D eigenvalue weighted by Gasteiger charge is -2.21. The third-order valence-corrected chi connectivity index (χ3v) is 7.27. The number of nitrogens with zero attached hydrogens (tertiary/aromatic N) is 2. The Labute approximate surface area is 174 Å². The van der Waals surface area contributed by atoms with Gasteiger partial charge < -0.3 is 10.2 Å². The maximum Gasteiger partial charge on any atom is 0.269 e. The van der Waals surface area contributed by atoms with E-state index in [1.165, 1.54) is 16.4 Å². The van der Waals surface area contributed by atoms with Gasteiger partial charge in [0, 0.05) is 25.9 Å². The highest BCUT2D eigenvalue weighted by atomic mass is 32.2. The first-order valence-corrected chi connectivity index (χ1v) is 11.1. The van der Waals surface area contributed by atoms with Gasteiger partial charge in [0.15, 0.2) is 5.60 Å². The molecule has 1 amide bonds. The van der Waals surface area contributed by atoms with Crippen LogP contribution in [0.2, 0.25) is 0 Å². The summed E-state index contributed by atoms with van der Waals surface area (Å²) in [6, 6.07) is 12.5. The Hall–Kier alpha value is -2.78. The van der Waals surface area contributed by atoms with Crippen LogP contribution in [-0.2, 0) is 26.2 Å². The standard InChI is InChI=1S/C21H22FN3O4S/c1-15-2-8-18(9-3-15)30(27,28)25-11-10-21(14-25)12-19(24-29-21)20(26)23-13-16-4-6-17(22)7-5-16/h2-9H,10-14H2,1H3,(H,23,26). The second-order valence-electron chi connectivity index (χ2n) is 7.70. The van der Waals surface area contributed by atoms with Crippen molar-refractivity contribution in [3.8, 4) is 0 Å². The van der Waals surface area contributed by atoms with E-state index < -0.39 is 15.6 Å². The molecule has 2 heterocycles.